The number of nitrogens with one attached hydrogen (secondary N) is 4. The number of ketones is 3. The Bertz CT molecular complexity index is 3210. The lowest BCUT2D eigenvalue weighted by Gasteiger charge is -2.43. The predicted molar refractivity (Wildman–Crippen MR) is 257 cm³/mol. The molecule has 0 radical (unpaired) electrons. The van der Waals surface area contributed by atoms with Crippen molar-refractivity contribution in [1.29, 1.82) is 0 Å². The van der Waals surface area contributed by atoms with Gasteiger partial charge in [-0.2, -0.15) is 0 Å². The van der Waals surface area contributed by atoms with E-state index in [1.165, 1.54) is 50.6 Å². The highest BCUT2D eigenvalue weighted by atomic mass is 16.7. The van der Waals surface area contributed by atoms with Crippen molar-refractivity contribution in [2.24, 2.45) is 21.1 Å². The van der Waals surface area contributed by atoms with E-state index < -0.39 is 107 Å². The number of phenols is 2. The first kappa shape index (κ1) is 49.0. The molecule has 21 nitrogen and oxygen atoms in total. The van der Waals surface area contributed by atoms with Gasteiger partial charge in [0.2, 0.25) is 5.78 Å². The van der Waals surface area contributed by atoms with Crippen LogP contribution in [0.5, 0.6) is 17.2 Å². The predicted octanol–water partition coefficient (Wildman–Crippen LogP) is 4.03. The van der Waals surface area contributed by atoms with Crippen LogP contribution in [0.15, 0.2) is 79.4 Å². The van der Waals surface area contributed by atoms with E-state index in [0.29, 0.717) is 17.1 Å². The number of fused-ring (bicyclic) bond motifs is 3. The Morgan fingerprint density at radius 3 is 2.07 bits per heavy atom. The molecule has 6 atom stereocenters. The fraction of sp³-hybridized carbons (Fsp3) is 0.314. The molecule has 1 saturated heterocycles. The summed E-state index contributed by atoms with van der Waals surface area (Å²) in [6.45, 7) is 3.07. The van der Waals surface area contributed by atoms with E-state index in [-0.39, 0.29) is 58.2 Å². The molecule has 374 valence electrons. The Hall–Kier alpha value is -7.95. The van der Waals surface area contributed by atoms with Crippen molar-refractivity contribution < 1.29 is 63.4 Å². The molecule has 4 heterocycles. The average molecular weight is 985 g/mol. The van der Waals surface area contributed by atoms with Crippen LogP contribution in [-0.4, -0.2) is 111 Å². The van der Waals surface area contributed by atoms with E-state index in [1.54, 1.807) is 84.6 Å². The number of aryl methyl sites for hydroxylation is 3. The van der Waals surface area contributed by atoms with Crippen LogP contribution in [0.25, 0.3) is 0 Å². The SMILES string of the molecule is COc1cccc2c1C(=O)c1c(O)c3c(c(O)c1C2=O)C[C@](O)(C(C)=O)C[C@@H]3OC1CC(NCc2ccc(NC(=O)c3cc(NC(=O)c4cc(NC(=O)c5nccn5C)cn4C)cn3C)cc2)C(O)C(C)O1. The van der Waals surface area contributed by atoms with Gasteiger partial charge < -0.3 is 69.6 Å². The Balaban J connectivity index is 0.845. The number of carbonyl (C=O) groups excluding carboxylic acids is 6. The molecule has 1 aliphatic heterocycles. The first-order valence-electron chi connectivity index (χ1n) is 22.9. The normalized spacial score (nSPS) is 21.3. The number of nitrogens with zero attached hydrogens (tertiary/aromatic N) is 4. The van der Waals surface area contributed by atoms with Crippen molar-refractivity contribution in [2.75, 3.05) is 23.1 Å². The molecule has 0 saturated carbocycles. The van der Waals surface area contributed by atoms with Crippen LogP contribution >= 0.6 is 0 Å². The number of hydrogen-bond donors (Lipinski definition) is 8. The minimum Gasteiger partial charge on any atom is -0.507 e. The largest absolute Gasteiger partial charge is 0.507 e. The van der Waals surface area contributed by atoms with Crippen molar-refractivity contribution in [3.63, 3.8) is 0 Å². The van der Waals surface area contributed by atoms with E-state index in [0.717, 1.165) is 5.56 Å². The molecule has 8 N–H and O–H groups in total. The van der Waals surface area contributed by atoms with E-state index >= 15 is 0 Å². The second-order valence-electron chi connectivity index (χ2n) is 18.3. The number of aromatic hydroxyl groups is 2. The molecule has 2 aliphatic carbocycles. The summed E-state index contributed by atoms with van der Waals surface area (Å²) in [6.07, 6.45) is 1.27. The van der Waals surface area contributed by atoms with Crippen LogP contribution in [-0.2, 0) is 48.4 Å². The van der Waals surface area contributed by atoms with Gasteiger partial charge in [-0.15, -0.1) is 0 Å². The van der Waals surface area contributed by atoms with Crippen molar-refractivity contribution in [3.05, 3.63) is 136 Å². The van der Waals surface area contributed by atoms with Gasteiger partial charge in [0.1, 0.15) is 34.2 Å². The number of rotatable bonds is 13. The fourth-order valence-electron chi connectivity index (χ4n) is 9.66. The molecular weight excluding hydrogens is 933 g/mol. The molecule has 3 aliphatic rings. The summed E-state index contributed by atoms with van der Waals surface area (Å²) in [6, 6.07) is 13.8. The number of imidazole rings is 1. The lowest BCUT2D eigenvalue weighted by atomic mass is 9.72. The molecule has 9 rings (SSSR count). The molecule has 0 bridgehead atoms. The van der Waals surface area contributed by atoms with E-state index in [2.05, 4.69) is 26.3 Å². The Morgan fingerprint density at radius 2 is 1.46 bits per heavy atom. The number of aliphatic hydroxyl groups excluding tert-OH is 1. The standard InChI is InChI=1S/C51H52N8O13/c1-24-42(61)32(18-37(71-24)72-36-20-51(69,25(2)60)19-31-39(36)46(65)41-40(44(31)63)43(62)30-8-7-9-35(70-6)38(30)45(41)64)53-21-26-10-12-27(13-11-26)54-48(66)33-16-28(22-58(33)4)55-49(67)34-17-29(23-59(34)5)56-50(68)47-52-14-15-57(47)3/h7-17,22-24,32,36-37,42,53,61,63,65,69H,18-21H2,1-6H3,(H,54,66)(H,55,67)(H,56,68)/t24?,32?,36-,37?,42?,51+/m0/s1. The molecule has 72 heavy (non-hydrogen) atoms. The quantitative estimate of drug-likeness (QED) is 0.0758. The summed E-state index contributed by atoms with van der Waals surface area (Å²) in [5.74, 6) is -4.55. The topological polar surface area (TPSA) is 287 Å². The third kappa shape index (κ3) is 8.92. The third-order valence-corrected chi connectivity index (χ3v) is 13.5. The second kappa shape index (κ2) is 19.0. The maximum Gasteiger partial charge on any atom is 0.291 e. The van der Waals surface area contributed by atoms with Gasteiger partial charge in [-0.3, -0.25) is 28.8 Å². The number of hydrogen-bond acceptors (Lipinski definition) is 15. The number of carbonyl (C=O) groups is 6. The first-order valence-corrected chi connectivity index (χ1v) is 22.9. The van der Waals surface area contributed by atoms with Gasteiger partial charge in [0, 0.05) is 100 Å². The lowest BCUT2D eigenvalue weighted by molar-refractivity contribution is -0.249. The molecule has 1 fully saturated rings. The maximum absolute atomic E-state index is 14.0. The van der Waals surface area contributed by atoms with Crippen LogP contribution in [0.1, 0.15) is 113 Å². The van der Waals surface area contributed by atoms with Crippen molar-refractivity contribution in [3.8, 4) is 17.2 Å². The van der Waals surface area contributed by atoms with Crippen LogP contribution in [0.2, 0.25) is 0 Å². The van der Waals surface area contributed by atoms with Gasteiger partial charge in [-0.1, -0.05) is 24.3 Å². The Morgan fingerprint density at radius 1 is 0.833 bits per heavy atom. The number of anilines is 3. The number of aliphatic hydroxyl groups is 2. The zero-order chi connectivity index (χ0) is 51.5. The monoisotopic (exact) mass is 984 g/mol. The van der Waals surface area contributed by atoms with Gasteiger partial charge in [-0.05, 0) is 49.7 Å². The number of amides is 3. The highest BCUT2D eigenvalue weighted by Crippen LogP contribution is 2.52. The summed E-state index contributed by atoms with van der Waals surface area (Å²) in [5.41, 5.74) is -0.829. The van der Waals surface area contributed by atoms with Crippen molar-refractivity contribution >= 4 is 52.1 Å². The van der Waals surface area contributed by atoms with Gasteiger partial charge in [0.05, 0.1) is 53.5 Å². The number of aromatic nitrogens is 4. The van der Waals surface area contributed by atoms with Gasteiger partial charge in [0.25, 0.3) is 17.7 Å². The Labute approximate surface area is 411 Å². The van der Waals surface area contributed by atoms with Crippen LogP contribution < -0.4 is 26.0 Å². The first-order chi connectivity index (χ1) is 34.3. The van der Waals surface area contributed by atoms with Gasteiger partial charge in [0.15, 0.2) is 23.7 Å². The summed E-state index contributed by atoms with van der Waals surface area (Å²) >= 11 is 0. The fourth-order valence-corrected chi connectivity index (χ4v) is 9.66. The summed E-state index contributed by atoms with van der Waals surface area (Å²) in [5, 5.41) is 58.2. The molecule has 6 aromatic rings. The highest BCUT2D eigenvalue weighted by molar-refractivity contribution is 6.31. The second-order valence-corrected chi connectivity index (χ2v) is 18.3. The lowest BCUT2D eigenvalue weighted by Crippen LogP contribution is -2.54. The number of phenolic OH excluding ortho intramolecular Hbond substituents is 2. The smallest absolute Gasteiger partial charge is 0.291 e. The zero-order valence-electron chi connectivity index (χ0n) is 40.0. The third-order valence-electron chi connectivity index (χ3n) is 13.5. The molecule has 3 amide bonds. The van der Waals surface area contributed by atoms with Gasteiger partial charge in [-0.25, -0.2) is 4.98 Å². The average Bonchev–Trinajstić information content (AvgIpc) is 4.06. The number of methoxy groups -OCH3 is 1. The van der Waals surface area contributed by atoms with Crippen LogP contribution in [0, 0.1) is 0 Å². The molecular formula is C51H52N8O13. The zero-order valence-corrected chi connectivity index (χ0v) is 40.0. The van der Waals surface area contributed by atoms with Gasteiger partial charge >= 0.3 is 0 Å². The van der Waals surface area contributed by atoms with Crippen LogP contribution in [0.3, 0.4) is 0 Å². The minimum absolute atomic E-state index is 0.0415. The summed E-state index contributed by atoms with van der Waals surface area (Å²) < 4.78 is 22.5. The molecule has 0 spiro atoms. The molecule has 3 aromatic heterocycles. The van der Waals surface area contributed by atoms with E-state index in [1.807, 2.05) is 0 Å². The van der Waals surface area contributed by atoms with Crippen molar-refractivity contribution in [1.82, 2.24) is 24.0 Å². The Kier molecular flexibility index (Phi) is 12.9. The maximum atomic E-state index is 14.0. The van der Waals surface area contributed by atoms with E-state index in [9.17, 15) is 49.2 Å². The number of Topliss-reactive ketones (excluding diaryl/α,β-unsaturated/α-hetero) is 1. The van der Waals surface area contributed by atoms with Crippen LogP contribution in [0.4, 0.5) is 17.1 Å². The number of benzene rings is 3. The molecule has 21 heteroatoms. The highest BCUT2D eigenvalue weighted by Gasteiger charge is 2.49. The van der Waals surface area contributed by atoms with E-state index in [4.69, 9.17) is 14.2 Å². The minimum atomic E-state index is -2.10. The van der Waals surface area contributed by atoms with Crippen molar-refractivity contribution in [2.45, 2.75) is 75.9 Å². The summed E-state index contributed by atoms with van der Waals surface area (Å²) in [7, 11) is 6.35. The number of ether oxygens (including phenoxy) is 3. The molecule has 4 unspecified atom stereocenters. The summed E-state index contributed by atoms with van der Waals surface area (Å²) in [4.78, 5) is 84.2. The molecule has 3 aromatic carbocycles.